The zero-order valence-corrected chi connectivity index (χ0v) is 24.5. The van der Waals surface area contributed by atoms with Crippen molar-refractivity contribution in [2.45, 2.75) is 18.8 Å². The molecule has 1 aromatic heterocycles. The number of fused-ring (bicyclic) bond motifs is 2. The van der Waals surface area contributed by atoms with Crippen molar-refractivity contribution >= 4 is 39.9 Å². The van der Waals surface area contributed by atoms with E-state index in [2.05, 4.69) is 0 Å². The second-order valence-corrected chi connectivity index (χ2v) is 10.5. The molecule has 0 amide bonds. The number of ether oxygens (including phenoxy) is 3. The van der Waals surface area contributed by atoms with Gasteiger partial charge < -0.3 is 18.6 Å². The number of hydrogen-bond acceptors (Lipinski definition) is 6. The molecule has 0 aliphatic carbocycles. The van der Waals surface area contributed by atoms with Crippen LogP contribution in [-0.2, 0) is 23.5 Å². The Morgan fingerprint density at radius 3 is 1.80 bits per heavy atom. The quantitative estimate of drug-likeness (QED) is 0.139. The predicted molar refractivity (Wildman–Crippen MR) is 156 cm³/mol. The van der Waals surface area contributed by atoms with Crippen molar-refractivity contribution in [1.29, 1.82) is 0 Å². The lowest BCUT2D eigenvalue weighted by Crippen LogP contribution is -2.17. The van der Waals surface area contributed by atoms with Crippen LogP contribution >= 0.6 is 23.2 Å². The van der Waals surface area contributed by atoms with Crippen LogP contribution in [-0.4, -0.2) is 12.6 Å². The summed E-state index contributed by atoms with van der Waals surface area (Å²) in [7, 11) is 0. The van der Waals surface area contributed by atoms with Gasteiger partial charge >= 0.3 is 23.9 Å². The predicted octanol–water partition coefficient (Wildman–Crippen LogP) is 10.1. The van der Waals surface area contributed by atoms with Gasteiger partial charge in [-0.1, -0.05) is 23.2 Å². The largest absolute Gasteiger partial charge is 0.462 e. The highest BCUT2D eigenvalue weighted by atomic mass is 35.5. The molecule has 4 aromatic carbocycles. The third kappa shape index (κ3) is 7.57. The maximum atomic E-state index is 12.6. The van der Waals surface area contributed by atoms with E-state index in [1.807, 2.05) is 0 Å². The first kappa shape index (κ1) is 32.7. The summed E-state index contributed by atoms with van der Waals surface area (Å²) in [6.07, 6.45) is -7.13. The van der Waals surface area contributed by atoms with Gasteiger partial charge in [-0.2, -0.15) is 26.3 Å². The minimum Gasteiger partial charge on any atom is -0.462 e. The number of rotatable bonds is 4. The van der Waals surface area contributed by atoms with Crippen LogP contribution in [0.2, 0.25) is 10.0 Å². The van der Waals surface area contributed by atoms with Gasteiger partial charge in [0.2, 0.25) is 0 Å². The van der Waals surface area contributed by atoms with Crippen LogP contribution in [0.3, 0.4) is 0 Å². The molecule has 0 spiro atoms. The molecule has 0 saturated heterocycles. The summed E-state index contributed by atoms with van der Waals surface area (Å²) in [6, 6.07) is 16.6. The van der Waals surface area contributed by atoms with Gasteiger partial charge in [0, 0.05) is 6.42 Å². The first-order chi connectivity index (χ1) is 21.7. The molecule has 0 bridgehead atoms. The van der Waals surface area contributed by atoms with Crippen LogP contribution in [0, 0.1) is 0 Å². The van der Waals surface area contributed by atoms with Gasteiger partial charge in [-0.15, -0.1) is 0 Å². The number of carbonyl (C=O) groups is 1. The minimum absolute atomic E-state index is 0.0852. The highest BCUT2D eigenvalue weighted by Gasteiger charge is 2.32. The summed E-state index contributed by atoms with van der Waals surface area (Å²) >= 11 is 11.7. The van der Waals surface area contributed by atoms with Crippen molar-refractivity contribution in [1.82, 2.24) is 0 Å². The average molecular weight is 683 g/mol. The normalized spacial score (nSPS) is 12.9. The van der Waals surface area contributed by atoms with Crippen molar-refractivity contribution in [3.05, 3.63) is 128 Å². The molecule has 0 saturated carbocycles. The smallest absolute Gasteiger partial charge is 0.416 e. The zero-order chi connectivity index (χ0) is 33.2. The zero-order valence-electron chi connectivity index (χ0n) is 23.0. The lowest BCUT2D eigenvalue weighted by molar-refractivity contribution is -0.138. The molecule has 2 heterocycles. The third-order valence-electron chi connectivity index (χ3n) is 6.54. The van der Waals surface area contributed by atoms with Crippen molar-refractivity contribution in [3.8, 4) is 23.0 Å². The van der Waals surface area contributed by atoms with Gasteiger partial charge in [0.05, 0.1) is 45.0 Å². The molecule has 1 aliphatic rings. The van der Waals surface area contributed by atoms with Gasteiger partial charge in [-0.05, 0) is 89.8 Å². The van der Waals surface area contributed by atoms with Crippen molar-refractivity contribution in [2.75, 3.05) is 6.61 Å². The van der Waals surface area contributed by atoms with E-state index in [-0.39, 0.29) is 28.2 Å². The van der Waals surface area contributed by atoms with Gasteiger partial charge in [0.25, 0.3) is 0 Å². The number of cyclic esters (lactones) is 1. The number of halogens is 8. The number of alkyl halides is 6. The van der Waals surface area contributed by atoms with E-state index >= 15 is 0 Å². The van der Waals surface area contributed by atoms with E-state index in [1.165, 1.54) is 24.5 Å². The molecule has 1 aliphatic heterocycles. The van der Waals surface area contributed by atoms with E-state index in [1.54, 1.807) is 30.3 Å². The van der Waals surface area contributed by atoms with Gasteiger partial charge in [-0.25, -0.2) is 9.59 Å². The Balaban J connectivity index is 0.000000181. The lowest BCUT2D eigenvalue weighted by Gasteiger charge is -2.17. The standard InChI is InChI=1S/C16H10ClF3O3.C16H8ClF3O3/c2*17-13-8-10(16(18,19)20)1-4-14(13)23-11-2-3-12-9(7-11)5-6-22-15(12)21/h1-4,7-8H,5-6H2;1-8H. The summed E-state index contributed by atoms with van der Waals surface area (Å²) in [6.45, 7) is 0.288. The van der Waals surface area contributed by atoms with Crippen LogP contribution in [0.25, 0.3) is 10.8 Å². The number of esters is 1. The molecular formula is C32H18Cl2F6O6. The fraction of sp³-hybridized carbons (Fsp3) is 0.125. The Morgan fingerprint density at radius 1 is 0.674 bits per heavy atom. The molecule has 0 unspecified atom stereocenters. The number of benzene rings is 4. The first-order valence-corrected chi connectivity index (χ1v) is 13.9. The molecular weight excluding hydrogens is 665 g/mol. The van der Waals surface area contributed by atoms with Crippen molar-refractivity contribution < 1.29 is 49.8 Å². The van der Waals surface area contributed by atoms with Gasteiger partial charge in [0.1, 0.15) is 23.0 Å². The summed E-state index contributed by atoms with van der Waals surface area (Å²) < 4.78 is 96.3. The summed E-state index contributed by atoms with van der Waals surface area (Å²) in [5.41, 5.74) is -0.959. The van der Waals surface area contributed by atoms with E-state index in [9.17, 15) is 35.9 Å². The Hall–Kier alpha value is -4.68. The minimum atomic E-state index is -4.47. The second kappa shape index (κ2) is 13.0. The summed E-state index contributed by atoms with van der Waals surface area (Å²) in [4.78, 5) is 23.0. The molecule has 6 rings (SSSR count). The maximum Gasteiger partial charge on any atom is 0.416 e. The van der Waals surface area contributed by atoms with Gasteiger partial charge in [-0.3, -0.25) is 0 Å². The fourth-order valence-electron chi connectivity index (χ4n) is 4.31. The van der Waals surface area contributed by atoms with Crippen molar-refractivity contribution in [3.63, 3.8) is 0 Å². The maximum absolute atomic E-state index is 12.6. The monoisotopic (exact) mass is 682 g/mol. The van der Waals surface area contributed by atoms with Crippen LogP contribution in [0.5, 0.6) is 23.0 Å². The fourth-order valence-corrected chi connectivity index (χ4v) is 4.74. The van der Waals surface area contributed by atoms with Crippen molar-refractivity contribution in [2.24, 2.45) is 0 Å². The SMILES string of the molecule is O=C1OCCc2cc(Oc3ccc(C(F)(F)F)cc3Cl)ccc21.O=c1occc2cc(Oc3ccc(C(F)(F)F)cc3Cl)ccc12. The molecule has 46 heavy (non-hydrogen) atoms. The summed E-state index contributed by atoms with van der Waals surface area (Å²) in [5, 5.41) is 0.657. The molecule has 0 atom stereocenters. The molecule has 14 heteroatoms. The topological polar surface area (TPSA) is 75.0 Å². The van der Waals surface area contributed by atoms with Crippen LogP contribution in [0.15, 0.2) is 94.3 Å². The Kier molecular flexibility index (Phi) is 9.22. The third-order valence-corrected chi connectivity index (χ3v) is 7.13. The molecule has 6 nitrogen and oxygen atoms in total. The van der Waals surface area contributed by atoms with Crippen LogP contribution < -0.4 is 15.1 Å². The molecule has 0 radical (unpaired) electrons. The average Bonchev–Trinajstić information content (AvgIpc) is 2.99. The van der Waals surface area contributed by atoms with E-state index in [0.717, 1.165) is 35.9 Å². The van der Waals surface area contributed by atoms with Crippen LogP contribution in [0.1, 0.15) is 27.0 Å². The highest BCUT2D eigenvalue weighted by Crippen LogP contribution is 2.38. The van der Waals surface area contributed by atoms with Crippen LogP contribution in [0.4, 0.5) is 26.3 Å². The molecule has 5 aromatic rings. The van der Waals surface area contributed by atoms with E-state index in [0.29, 0.717) is 34.3 Å². The number of hydrogen-bond donors (Lipinski definition) is 0. The molecule has 0 fully saturated rings. The first-order valence-electron chi connectivity index (χ1n) is 13.1. The molecule has 0 N–H and O–H groups in total. The molecule has 238 valence electrons. The van der Waals surface area contributed by atoms with E-state index in [4.69, 9.17) is 41.8 Å². The Bertz CT molecular complexity index is 1990. The van der Waals surface area contributed by atoms with E-state index < -0.39 is 35.1 Å². The second-order valence-electron chi connectivity index (χ2n) is 9.65. The lowest BCUT2D eigenvalue weighted by atomic mass is 10.0. The Labute approximate surface area is 265 Å². The Morgan fingerprint density at radius 2 is 1.24 bits per heavy atom. The number of carbonyl (C=O) groups excluding carboxylic acids is 1. The van der Waals surface area contributed by atoms with Gasteiger partial charge in [0.15, 0.2) is 0 Å². The summed E-state index contributed by atoms with van der Waals surface area (Å²) in [5.74, 6) is 0.523. The highest BCUT2D eigenvalue weighted by molar-refractivity contribution is 6.32.